The summed E-state index contributed by atoms with van der Waals surface area (Å²) in [7, 11) is 0. The quantitative estimate of drug-likeness (QED) is 0.611. The molecule has 3 unspecified atom stereocenters. The Morgan fingerprint density at radius 3 is 2.46 bits per heavy atom. The molecule has 0 bridgehead atoms. The van der Waals surface area contributed by atoms with E-state index in [2.05, 4.69) is 39.8 Å². The second-order valence-corrected chi connectivity index (χ2v) is 4.48. The first-order chi connectivity index (χ1) is 6.23. The van der Waals surface area contributed by atoms with Crippen LogP contribution in [0.15, 0.2) is 23.3 Å². The van der Waals surface area contributed by atoms with Gasteiger partial charge in [-0.2, -0.15) is 0 Å². The number of allylic oxidation sites excluding steroid dienone is 4. The van der Waals surface area contributed by atoms with Crippen molar-refractivity contribution in [2.24, 2.45) is 17.3 Å². The highest BCUT2D eigenvalue weighted by atomic mass is 14.7. The third-order valence-corrected chi connectivity index (χ3v) is 4.26. The zero-order valence-corrected chi connectivity index (χ0v) is 9.22. The highest BCUT2D eigenvalue weighted by molar-refractivity contribution is 5.54. The molecule has 0 N–H and O–H groups in total. The molecular weight excluding hydrogens is 156 g/mol. The molecule has 3 atom stereocenters. The fourth-order valence-corrected chi connectivity index (χ4v) is 3.76. The van der Waals surface area contributed by atoms with E-state index in [1.54, 1.807) is 11.1 Å². The van der Waals surface area contributed by atoms with Gasteiger partial charge in [-0.05, 0) is 37.7 Å². The van der Waals surface area contributed by atoms with Crippen LogP contribution in [0.5, 0.6) is 0 Å². The molecule has 0 heterocycles. The first-order valence-corrected chi connectivity index (χ1v) is 5.57. The number of rotatable bonds is 3. The molecule has 0 radical (unpaired) electrons. The van der Waals surface area contributed by atoms with Crippen molar-refractivity contribution in [3.05, 3.63) is 23.3 Å². The van der Waals surface area contributed by atoms with Gasteiger partial charge in [-0.15, -0.1) is 0 Å². The third kappa shape index (κ3) is 0.820. The Morgan fingerprint density at radius 2 is 2.08 bits per heavy atom. The molecule has 0 saturated heterocycles. The topological polar surface area (TPSA) is 0 Å². The third-order valence-electron chi connectivity index (χ3n) is 4.26. The zero-order valence-electron chi connectivity index (χ0n) is 9.22. The molecule has 72 valence electrons. The van der Waals surface area contributed by atoms with E-state index in [0.717, 1.165) is 11.8 Å². The van der Waals surface area contributed by atoms with E-state index < -0.39 is 0 Å². The summed E-state index contributed by atoms with van der Waals surface area (Å²) >= 11 is 0. The van der Waals surface area contributed by atoms with Crippen molar-refractivity contribution >= 4 is 0 Å². The van der Waals surface area contributed by atoms with Crippen molar-refractivity contribution in [1.29, 1.82) is 0 Å². The van der Waals surface area contributed by atoms with Crippen molar-refractivity contribution in [2.75, 3.05) is 0 Å². The molecule has 0 aromatic rings. The Morgan fingerprint density at radius 1 is 1.38 bits per heavy atom. The maximum atomic E-state index is 2.35. The molecule has 0 amide bonds. The predicted octanol–water partition coefficient (Wildman–Crippen LogP) is 3.95. The van der Waals surface area contributed by atoms with Crippen molar-refractivity contribution < 1.29 is 0 Å². The lowest BCUT2D eigenvalue weighted by atomic mass is 9.75. The van der Waals surface area contributed by atoms with E-state index in [4.69, 9.17) is 0 Å². The molecule has 1 fully saturated rings. The van der Waals surface area contributed by atoms with Gasteiger partial charge in [0.15, 0.2) is 0 Å². The van der Waals surface area contributed by atoms with Gasteiger partial charge in [0.1, 0.15) is 0 Å². The molecule has 0 heteroatoms. The SMILES string of the molecule is CC=CC1=C(C)C2C(CC)C12CC. The van der Waals surface area contributed by atoms with Crippen LogP contribution in [0.4, 0.5) is 0 Å². The van der Waals surface area contributed by atoms with Gasteiger partial charge < -0.3 is 0 Å². The minimum absolute atomic E-state index is 0.630. The van der Waals surface area contributed by atoms with Gasteiger partial charge in [0.25, 0.3) is 0 Å². The summed E-state index contributed by atoms with van der Waals surface area (Å²) in [5.74, 6) is 1.93. The smallest absolute Gasteiger partial charge is 0.00524 e. The van der Waals surface area contributed by atoms with Crippen LogP contribution in [0.1, 0.15) is 40.5 Å². The summed E-state index contributed by atoms with van der Waals surface area (Å²) in [6.45, 7) is 9.13. The van der Waals surface area contributed by atoms with Crippen LogP contribution in [-0.4, -0.2) is 0 Å². The number of fused-ring (bicyclic) bond motifs is 1. The van der Waals surface area contributed by atoms with Gasteiger partial charge in [-0.3, -0.25) is 0 Å². The first kappa shape index (κ1) is 9.05. The molecule has 13 heavy (non-hydrogen) atoms. The highest BCUT2D eigenvalue weighted by Crippen LogP contribution is 2.77. The minimum atomic E-state index is 0.630. The summed E-state index contributed by atoms with van der Waals surface area (Å²) in [5.41, 5.74) is 3.96. The summed E-state index contributed by atoms with van der Waals surface area (Å²) in [6, 6.07) is 0. The molecule has 0 nitrogen and oxygen atoms in total. The maximum Gasteiger partial charge on any atom is 0.00524 e. The molecule has 2 aliphatic rings. The van der Waals surface area contributed by atoms with Gasteiger partial charge in [0.05, 0.1) is 0 Å². The molecule has 2 aliphatic carbocycles. The lowest BCUT2D eigenvalue weighted by Crippen LogP contribution is -2.18. The van der Waals surface area contributed by atoms with Crippen molar-refractivity contribution in [3.8, 4) is 0 Å². The first-order valence-electron chi connectivity index (χ1n) is 5.57. The van der Waals surface area contributed by atoms with E-state index in [9.17, 15) is 0 Å². The van der Waals surface area contributed by atoms with Crippen LogP contribution in [0.2, 0.25) is 0 Å². The molecule has 2 rings (SSSR count). The van der Waals surface area contributed by atoms with E-state index in [1.165, 1.54) is 12.8 Å². The van der Waals surface area contributed by atoms with Crippen LogP contribution in [0.3, 0.4) is 0 Å². The van der Waals surface area contributed by atoms with E-state index in [-0.39, 0.29) is 0 Å². The highest BCUT2D eigenvalue weighted by Gasteiger charge is 2.70. The van der Waals surface area contributed by atoms with E-state index in [0.29, 0.717) is 5.41 Å². The van der Waals surface area contributed by atoms with Crippen LogP contribution in [0, 0.1) is 17.3 Å². The van der Waals surface area contributed by atoms with Crippen molar-refractivity contribution in [1.82, 2.24) is 0 Å². The van der Waals surface area contributed by atoms with E-state index in [1.807, 2.05) is 0 Å². The molecule has 0 aromatic carbocycles. The zero-order chi connectivity index (χ0) is 9.64. The summed E-state index contributed by atoms with van der Waals surface area (Å²) in [5, 5.41) is 0. The predicted molar refractivity (Wildman–Crippen MR) is 57.5 cm³/mol. The fraction of sp³-hybridized carbons (Fsp3) is 0.692. The molecule has 0 spiro atoms. The van der Waals surface area contributed by atoms with Crippen LogP contribution < -0.4 is 0 Å². The Kier molecular flexibility index (Phi) is 1.90. The Balaban J connectivity index is 2.26. The van der Waals surface area contributed by atoms with Crippen molar-refractivity contribution in [2.45, 2.75) is 40.5 Å². The summed E-state index contributed by atoms with van der Waals surface area (Å²) in [4.78, 5) is 0. The lowest BCUT2D eigenvalue weighted by Gasteiger charge is -2.29. The van der Waals surface area contributed by atoms with Crippen LogP contribution in [0.25, 0.3) is 0 Å². The standard InChI is InChI=1S/C13H20/c1-5-8-11-9(4)12-10(6-2)13(11,12)7-3/h5,8,10,12H,6-7H2,1-4H3. The monoisotopic (exact) mass is 176 g/mol. The Hall–Kier alpha value is -0.520. The fourth-order valence-electron chi connectivity index (χ4n) is 3.76. The molecule has 0 aliphatic heterocycles. The number of hydrogen-bond donors (Lipinski definition) is 0. The second-order valence-electron chi connectivity index (χ2n) is 4.48. The van der Waals surface area contributed by atoms with Gasteiger partial charge in [0, 0.05) is 5.41 Å². The number of hydrogen-bond acceptors (Lipinski definition) is 0. The molecule has 1 saturated carbocycles. The van der Waals surface area contributed by atoms with Crippen LogP contribution in [-0.2, 0) is 0 Å². The summed E-state index contributed by atoms with van der Waals surface area (Å²) < 4.78 is 0. The molecular formula is C13H20. The normalized spacial score (nSPS) is 42.2. The molecule has 0 aromatic heterocycles. The van der Waals surface area contributed by atoms with Gasteiger partial charge in [-0.1, -0.05) is 38.0 Å². The Bertz CT molecular complexity index is 282. The second kappa shape index (κ2) is 2.73. The average Bonchev–Trinajstić information content (AvgIpc) is 2.77. The van der Waals surface area contributed by atoms with Crippen LogP contribution >= 0.6 is 0 Å². The lowest BCUT2D eigenvalue weighted by molar-refractivity contribution is 0.469. The Labute approximate surface area is 81.7 Å². The largest absolute Gasteiger partial charge is 0.0874 e. The van der Waals surface area contributed by atoms with Crippen molar-refractivity contribution in [3.63, 3.8) is 0 Å². The average molecular weight is 176 g/mol. The maximum absolute atomic E-state index is 2.35. The minimum Gasteiger partial charge on any atom is -0.0874 e. The van der Waals surface area contributed by atoms with Gasteiger partial charge in [-0.25, -0.2) is 0 Å². The van der Waals surface area contributed by atoms with E-state index >= 15 is 0 Å². The summed E-state index contributed by atoms with van der Waals surface area (Å²) in [6.07, 6.45) is 7.23. The van der Waals surface area contributed by atoms with Gasteiger partial charge in [0.2, 0.25) is 0 Å². The van der Waals surface area contributed by atoms with Gasteiger partial charge >= 0.3 is 0 Å².